The number of alkyl carbamates (subject to hydrolysis) is 1. The Morgan fingerprint density at radius 2 is 2.10 bits per heavy atom. The number of carbonyl (C=O) groups excluding carboxylic acids is 1. The van der Waals surface area contributed by atoms with Gasteiger partial charge in [0.1, 0.15) is 11.4 Å². The average molecular weight is 297 g/mol. The van der Waals surface area contributed by atoms with E-state index in [1.54, 1.807) is 39.8 Å². The third-order valence-corrected chi connectivity index (χ3v) is 2.88. The van der Waals surface area contributed by atoms with Crippen molar-refractivity contribution in [3.63, 3.8) is 0 Å². The Balaban J connectivity index is 2.66. The van der Waals surface area contributed by atoms with E-state index >= 15 is 0 Å². The molecule has 0 aliphatic rings. The lowest BCUT2D eigenvalue weighted by Gasteiger charge is -2.21. The fraction of sp³-hybridized carbons (Fsp3) is 0.438. The van der Waals surface area contributed by atoms with Crippen LogP contribution < -0.4 is 5.32 Å². The Morgan fingerprint density at radius 3 is 2.62 bits per heavy atom. The number of rotatable bonds is 4. The number of ether oxygens (including phenoxy) is 1. The van der Waals surface area contributed by atoms with Crippen molar-refractivity contribution in [2.45, 2.75) is 39.2 Å². The molecule has 0 heterocycles. The van der Waals surface area contributed by atoms with E-state index in [-0.39, 0.29) is 18.3 Å². The van der Waals surface area contributed by atoms with E-state index in [4.69, 9.17) is 4.74 Å². The molecule has 1 atom stereocenters. The molecule has 0 aliphatic carbocycles. The molecule has 1 amide bonds. The first-order valence-electron chi connectivity index (χ1n) is 6.74. The SMILES string of the molecule is CC(/C(=C\F)CNC(=O)OC(C)(C)C)c1cccc(F)c1. The number of benzene rings is 1. The molecule has 1 unspecified atom stereocenters. The van der Waals surface area contributed by atoms with Crippen molar-refractivity contribution in [1.29, 1.82) is 0 Å². The van der Waals surface area contributed by atoms with E-state index in [0.717, 1.165) is 0 Å². The molecule has 5 heteroatoms. The van der Waals surface area contributed by atoms with Crippen LogP contribution >= 0.6 is 0 Å². The summed E-state index contributed by atoms with van der Waals surface area (Å²) in [4.78, 5) is 11.5. The highest BCUT2D eigenvalue weighted by atomic mass is 19.1. The smallest absolute Gasteiger partial charge is 0.407 e. The predicted octanol–water partition coefficient (Wildman–Crippen LogP) is 4.31. The highest BCUT2D eigenvalue weighted by Crippen LogP contribution is 2.24. The summed E-state index contributed by atoms with van der Waals surface area (Å²) in [6, 6.07) is 5.96. The van der Waals surface area contributed by atoms with Crippen molar-refractivity contribution in [3.8, 4) is 0 Å². The minimum Gasteiger partial charge on any atom is -0.444 e. The predicted molar refractivity (Wildman–Crippen MR) is 78.2 cm³/mol. The van der Waals surface area contributed by atoms with E-state index in [0.29, 0.717) is 17.5 Å². The minimum atomic E-state index is -0.617. The molecule has 1 N–H and O–H groups in total. The van der Waals surface area contributed by atoms with Gasteiger partial charge in [-0.05, 0) is 44.0 Å². The zero-order valence-corrected chi connectivity index (χ0v) is 12.7. The Labute approximate surface area is 124 Å². The molecule has 1 rings (SSSR count). The van der Waals surface area contributed by atoms with Gasteiger partial charge in [0.05, 0.1) is 6.33 Å². The van der Waals surface area contributed by atoms with E-state index in [9.17, 15) is 13.6 Å². The molecule has 21 heavy (non-hydrogen) atoms. The van der Waals surface area contributed by atoms with E-state index in [2.05, 4.69) is 5.32 Å². The summed E-state index contributed by atoms with van der Waals surface area (Å²) in [6.07, 6.45) is -0.180. The summed E-state index contributed by atoms with van der Waals surface area (Å²) >= 11 is 0. The van der Waals surface area contributed by atoms with Crippen LogP contribution in [0.3, 0.4) is 0 Å². The molecule has 0 spiro atoms. The van der Waals surface area contributed by atoms with Crippen molar-refractivity contribution >= 4 is 6.09 Å². The largest absolute Gasteiger partial charge is 0.444 e. The van der Waals surface area contributed by atoms with Crippen LogP contribution in [0.2, 0.25) is 0 Å². The quantitative estimate of drug-likeness (QED) is 0.899. The van der Waals surface area contributed by atoms with Gasteiger partial charge < -0.3 is 10.1 Å². The van der Waals surface area contributed by atoms with Gasteiger partial charge in [0.2, 0.25) is 0 Å². The summed E-state index contributed by atoms with van der Waals surface area (Å²) in [6.45, 7) is 6.98. The maximum atomic E-state index is 13.2. The van der Waals surface area contributed by atoms with Crippen molar-refractivity contribution in [1.82, 2.24) is 5.32 Å². The van der Waals surface area contributed by atoms with Crippen LogP contribution in [-0.4, -0.2) is 18.2 Å². The summed E-state index contributed by atoms with van der Waals surface area (Å²) in [5.74, 6) is -0.724. The second kappa shape index (κ2) is 7.20. The van der Waals surface area contributed by atoms with Crippen molar-refractivity contribution < 1.29 is 18.3 Å². The van der Waals surface area contributed by atoms with Crippen LogP contribution in [0.25, 0.3) is 0 Å². The number of nitrogens with one attached hydrogen (secondary N) is 1. The van der Waals surface area contributed by atoms with E-state index < -0.39 is 11.7 Å². The van der Waals surface area contributed by atoms with E-state index in [1.165, 1.54) is 12.1 Å². The normalized spacial score (nSPS) is 13.7. The number of halogens is 2. The summed E-state index contributed by atoms with van der Waals surface area (Å²) in [5, 5.41) is 2.49. The van der Waals surface area contributed by atoms with Crippen LogP contribution in [0.5, 0.6) is 0 Å². The lowest BCUT2D eigenvalue weighted by Crippen LogP contribution is -2.34. The van der Waals surface area contributed by atoms with Gasteiger partial charge in [-0.1, -0.05) is 19.1 Å². The van der Waals surface area contributed by atoms with Gasteiger partial charge in [0.15, 0.2) is 0 Å². The molecule has 0 fully saturated rings. The van der Waals surface area contributed by atoms with Crippen LogP contribution in [0.15, 0.2) is 36.2 Å². The zero-order chi connectivity index (χ0) is 16.0. The standard InChI is InChI=1S/C16H21F2NO2/c1-11(12-6-5-7-14(18)8-12)13(9-17)10-19-15(20)21-16(2,3)4/h5-9,11H,10H2,1-4H3,(H,19,20)/b13-9-. The minimum absolute atomic E-state index is 0.00307. The molecular formula is C16H21F2NO2. The van der Waals surface area contributed by atoms with Crippen LogP contribution in [0.4, 0.5) is 13.6 Å². The van der Waals surface area contributed by atoms with Crippen LogP contribution in [0, 0.1) is 5.82 Å². The third kappa shape index (κ3) is 5.94. The fourth-order valence-corrected chi connectivity index (χ4v) is 1.76. The van der Waals surface area contributed by atoms with Gasteiger partial charge in [0, 0.05) is 12.5 Å². The topological polar surface area (TPSA) is 38.3 Å². The Hall–Kier alpha value is -1.91. The van der Waals surface area contributed by atoms with Crippen LogP contribution in [0.1, 0.15) is 39.2 Å². The molecule has 0 saturated heterocycles. The van der Waals surface area contributed by atoms with Gasteiger partial charge in [-0.15, -0.1) is 0 Å². The maximum Gasteiger partial charge on any atom is 0.407 e. The van der Waals surface area contributed by atoms with Crippen molar-refractivity contribution in [2.24, 2.45) is 0 Å². The van der Waals surface area contributed by atoms with Crippen LogP contribution in [-0.2, 0) is 4.74 Å². The lowest BCUT2D eigenvalue weighted by molar-refractivity contribution is 0.0532. The molecule has 0 aliphatic heterocycles. The van der Waals surface area contributed by atoms with Gasteiger partial charge in [-0.25, -0.2) is 13.6 Å². The zero-order valence-electron chi connectivity index (χ0n) is 12.7. The van der Waals surface area contributed by atoms with Crippen molar-refractivity contribution in [2.75, 3.05) is 6.54 Å². The number of hydrogen-bond donors (Lipinski definition) is 1. The molecule has 0 saturated carbocycles. The Kier molecular flexibility index (Phi) is 5.88. The third-order valence-electron chi connectivity index (χ3n) is 2.88. The first-order valence-corrected chi connectivity index (χ1v) is 6.74. The number of hydrogen-bond acceptors (Lipinski definition) is 2. The molecule has 1 aromatic carbocycles. The van der Waals surface area contributed by atoms with Gasteiger partial charge >= 0.3 is 6.09 Å². The van der Waals surface area contributed by atoms with Gasteiger partial charge in [0.25, 0.3) is 0 Å². The molecule has 0 bridgehead atoms. The van der Waals surface area contributed by atoms with Gasteiger partial charge in [-0.3, -0.25) is 0 Å². The molecule has 0 radical (unpaired) electrons. The highest BCUT2D eigenvalue weighted by Gasteiger charge is 2.18. The Morgan fingerprint density at radius 1 is 1.43 bits per heavy atom. The average Bonchev–Trinajstić information content (AvgIpc) is 2.37. The summed E-state index contributed by atoms with van der Waals surface area (Å²) < 4.78 is 31.3. The molecular weight excluding hydrogens is 276 g/mol. The lowest BCUT2D eigenvalue weighted by atomic mass is 9.93. The second-order valence-electron chi connectivity index (χ2n) is 5.82. The highest BCUT2D eigenvalue weighted by molar-refractivity contribution is 5.68. The summed E-state index contributed by atoms with van der Waals surface area (Å²) in [7, 11) is 0. The first-order chi connectivity index (χ1) is 9.73. The molecule has 116 valence electrons. The monoisotopic (exact) mass is 297 g/mol. The van der Waals surface area contributed by atoms with Crippen molar-refractivity contribution in [3.05, 3.63) is 47.5 Å². The number of amides is 1. The van der Waals surface area contributed by atoms with Gasteiger partial charge in [-0.2, -0.15) is 0 Å². The second-order valence-corrected chi connectivity index (χ2v) is 5.82. The molecule has 0 aromatic heterocycles. The molecule has 3 nitrogen and oxygen atoms in total. The van der Waals surface area contributed by atoms with E-state index in [1.807, 2.05) is 0 Å². The summed E-state index contributed by atoms with van der Waals surface area (Å²) in [5.41, 5.74) is 0.369. The number of carbonyl (C=O) groups is 1. The fourth-order valence-electron chi connectivity index (χ4n) is 1.76. The maximum absolute atomic E-state index is 13.2. The Bertz CT molecular complexity index is 521. The molecule has 1 aromatic rings. The first kappa shape index (κ1) is 17.1.